The zero-order valence-corrected chi connectivity index (χ0v) is 17.4. The van der Waals surface area contributed by atoms with Crippen LogP contribution in [-0.2, 0) is 20.9 Å². The van der Waals surface area contributed by atoms with Crippen LogP contribution >= 0.6 is 0 Å². The summed E-state index contributed by atoms with van der Waals surface area (Å²) in [5.41, 5.74) is 0.870. The van der Waals surface area contributed by atoms with Gasteiger partial charge in [-0.15, -0.1) is 0 Å². The smallest absolute Gasteiger partial charge is 0.408 e. The Hall–Kier alpha value is -1.86. The second-order valence-corrected chi connectivity index (χ2v) is 12.1. The maximum absolute atomic E-state index is 12.0. The van der Waals surface area contributed by atoms with Crippen molar-refractivity contribution >= 4 is 20.4 Å². The van der Waals surface area contributed by atoms with Gasteiger partial charge >= 0.3 is 12.1 Å². The Morgan fingerprint density at radius 2 is 1.85 bits per heavy atom. The third-order valence-corrected chi connectivity index (χ3v) is 8.50. The summed E-state index contributed by atoms with van der Waals surface area (Å²) in [6, 6.07) is 8.56. The standard InChI is InChI=1S/C19H31NO5Si/c1-19(2,26(4,5)23)13-9-12-16(17(21)24-3)20-18(22)25-14-15-10-7-6-8-11-15/h6-8,10-11,16,23H,9,12-14H2,1-5H3,(H,20,22)/t16-/m1/s1. The summed E-state index contributed by atoms with van der Waals surface area (Å²) in [6.45, 7) is 8.02. The molecule has 0 radical (unpaired) electrons. The van der Waals surface area contributed by atoms with Gasteiger partial charge in [0, 0.05) is 0 Å². The van der Waals surface area contributed by atoms with E-state index in [1.807, 2.05) is 57.3 Å². The molecule has 0 fully saturated rings. The minimum absolute atomic E-state index is 0.137. The molecule has 146 valence electrons. The van der Waals surface area contributed by atoms with Crippen molar-refractivity contribution in [2.75, 3.05) is 7.11 Å². The van der Waals surface area contributed by atoms with E-state index in [0.717, 1.165) is 12.0 Å². The number of carbonyl (C=O) groups is 2. The van der Waals surface area contributed by atoms with Crippen LogP contribution in [-0.4, -0.2) is 38.3 Å². The first-order valence-electron chi connectivity index (χ1n) is 8.84. The van der Waals surface area contributed by atoms with Gasteiger partial charge in [-0.1, -0.05) is 50.6 Å². The molecular weight excluding hydrogens is 350 g/mol. The van der Waals surface area contributed by atoms with Crippen LogP contribution in [0.15, 0.2) is 30.3 Å². The molecule has 1 aromatic rings. The van der Waals surface area contributed by atoms with Crippen LogP contribution in [0.4, 0.5) is 4.79 Å². The maximum atomic E-state index is 12.0. The van der Waals surface area contributed by atoms with E-state index in [1.165, 1.54) is 7.11 Å². The van der Waals surface area contributed by atoms with Crippen LogP contribution in [0.2, 0.25) is 18.1 Å². The van der Waals surface area contributed by atoms with Crippen molar-refractivity contribution < 1.29 is 23.9 Å². The normalized spacial score (nSPS) is 13.0. The number of methoxy groups -OCH3 is 1. The number of hydrogen-bond donors (Lipinski definition) is 2. The number of esters is 1. The van der Waals surface area contributed by atoms with E-state index in [1.54, 1.807) is 0 Å². The van der Waals surface area contributed by atoms with Gasteiger partial charge in [0.25, 0.3) is 0 Å². The molecule has 0 aliphatic rings. The van der Waals surface area contributed by atoms with Crippen LogP contribution in [0.25, 0.3) is 0 Å². The first-order chi connectivity index (χ1) is 12.1. The second-order valence-electron chi connectivity index (χ2n) is 7.62. The highest BCUT2D eigenvalue weighted by Gasteiger charge is 2.37. The summed E-state index contributed by atoms with van der Waals surface area (Å²) >= 11 is 0. The van der Waals surface area contributed by atoms with Crippen molar-refractivity contribution in [3.63, 3.8) is 0 Å². The fourth-order valence-electron chi connectivity index (χ4n) is 2.35. The molecule has 1 amide bonds. The molecule has 1 rings (SSSR count). The Morgan fingerprint density at radius 1 is 1.23 bits per heavy atom. The number of ether oxygens (including phenoxy) is 2. The first-order valence-corrected chi connectivity index (χ1v) is 11.8. The molecule has 0 unspecified atom stereocenters. The number of hydrogen-bond acceptors (Lipinski definition) is 5. The number of rotatable bonds is 9. The van der Waals surface area contributed by atoms with Crippen molar-refractivity contribution in [3.8, 4) is 0 Å². The van der Waals surface area contributed by atoms with Gasteiger partial charge < -0.3 is 19.6 Å². The molecule has 0 spiro atoms. The molecular formula is C19H31NO5Si. The molecule has 6 nitrogen and oxygen atoms in total. The van der Waals surface area contributed by atoms with Gasteiger partial charge in [0.2, 0.25) is 0 Å². The monoisotopic (exact) mass is 381 g/mol. The minimum atomic E-state index is -2.30. The van der Waals surface area contributed by atoms with Crippen molar-refractivity contribution in [1.82, 2.24) is 5.32 Å². The van der Waals surface area contributed by atoms with Crippen molar-refractivity contribution in [2.45, 2.75) is 63.9 Å². The summed E-state index contributed by atoms with van der Waals surface area (Å²) in [6.07, 6.45) is 1.22. The predicted octanol–water partition coefficient (Wildman–Crippen LogP) is 3.60. The summed E-state index contributed by atoms with van der Waals surface area (Å²) in [5.74, 6) is -0.500. The zero-order chi connectivity index (χ0) is 19.8. The topological polar surface area (TPSA) is 84.9 Å². The van der Waals surface area contributed by atoms with Crippen molar-refractivity contribution in [3.05, 3.63) is 35.9 Å². The molecule has 0 saturated heterocycles. The average molecular weight is 382 g/mol. The lowest BCUT2D eigenvalue weighted by Crippen LogP contribution is -2.42. The summed E-state index contributed by atoms with van der Waals surface area (Å²) in [4.78, 5) is 34.3. The molecule has 0 aromatic heterocycles. The predicted molar refractivity (Wildman–Crippen MR) is 103 cm³/mol. The molecule has 0 heterocycles. The molecule has 1 atom stereocenters. The molecule has 1 aromatic carbocycles. The quantitative estimate of drug-likeness (QED) is 0.504. The molecule has 7 heteroatoms. The number of carbonyl (C=O) groups excluding carboxylic acids is 2. The number of alkyl carbamates (subject to hydrolysis) is 1. The second kappa shape index (κ2) is 9.73. The summed E-state index contributed by atoms with van der Waals surface area (Å²) in [5, 5.41) is 2.40. The Bertz CT molecular complexity index is 583. The van der Waals surface area contributed by atoms with Gasteiger partial charge in [-0.25, -0.2) is 9.59 Å². The lowest BCUT2D eigenvalue weighted by atomic mass is 10.0. The maximum Gasteiger partial charge on any atom is 0.408 e. The van der Waals surface area contributed by atoms with E-state index in [-0.39, 0.29) is 11.6 Å². The van der Waals surface area contributed by atoms with E-state index in [9.17, 15) is 14.4 Å². The number of nitrogens with one attached hydrogen (secondary N) is 1. The van der Waals surface area contributed by atoms with Crippen molar-refractivity contribution in [1.29, 1.82) is 0 Å². The fourth-order valence-corrected chi connectivity index (χ4v) is 3.14. The number of benzene rings is 1. The van der Waals surface area contributed by atoms with Gasteiger partial charge in [-0.05, 0) is 36.5 Å². The van der Waals surface area contributed by atoms with Crippen LogP contribution in [0.1, 0.15) is 38.7 Å². The van der Waals surface area contributed by atoms with Gasteiger partial charge in [0.15, 0.2) is 8.32 Å². The van der Waals surface area contributed by atoms with Gasteiger partial charge in [0.05, 0.1) is 7.11 Å². The van der Waals surface area contributed by atoms with E-state index in [4.69, 9.17) is 9.47 Å². The highest BCUT2D eigenvalue weighted by Crippen LogP contribution is 2.40. The first kappa shape index (κ1) is 22.2. The van der Waals surface area contributed by atoms with E-state index in [2.05, 4.69) is 5.32 Å². The zero-order valence-electron chi connectivity index (χ0n) is 16.4. The molecule has 0 aliphatic heterocycles. The summed E-state index contributed by atoms with van der Waals surface area (Å²) < 4.78 is 9.94. The van der Waals surface area contributed by atoms with Gasteiger partial charge in [-0.2, -0.15) is 0 Å². The van der Waals surface area contributed by atoms with Crippen LogP contribution in [0.3, 0.4) is 0 Å². The van der Waals surface area contributed by atoms with E-state index < -0.39 is 26.4 Å². The van der Waals surface area contributed by atoms with Crippen LogP contribution < -0.4 is 5.32 Å². The third-order valence-electron chi connectivity index (χ3n) is 4.94. The highest BCUT2D eigenvalue weighted by molar-refractivity contribution is 6.72. The number of amides is 1. The molecule has 0 aliphatic carbocycles. The third kappa shape index (κ3) is 7.17. The Labute approximate surface area is 157 Å². The van der Waals surface area contributed by atoms with Crippen LogP contribution in [0.5, 0.6) is 0 Å². The van der Waals surface area contributed by atoms with Gasteiger partial charge in [0.1, 0.15) is 12.6 Å². The largest absolute Gasteiger partial charge is 0.467 e. The highest BCUT2D eigenvalue weighted by atomic mass is 28.4. The molecule has 26 heavy (non-hydrogen) atoms. The summed E-state index contributed by atoms with van der Waals surface area (Å²) in [7, 11) is -1.01. The Balaban J connectivity index is 2.53. The Kier molecular flexibility index (Phi) is 8.30. The van der Waals surface area contributed by atoms with Crippen LogP contribution in [0, 0.1) is 0 Å². The SMILES string of the molecule is COC(=O)[C@@H](CCCC(C)(C)[Si](C)(C)O)NC(=O)OCc1ccccc1. The lowest BCUT2D eigenvalue weighted by molar-refractivity contribution is -0.143. The fraction of sp³-hybridized carbons (Fsp3) is 0.579. The minimum Gasteiger partial charge on any atom is -0.467 e. The average Bonchev–Trinajstić information content (AvgIpc) is 2.58. The molecule has 0 saturated carbocycles. The molecule has 2 N–H and O–H groups in total. The van der Waals surface area contributed by atoms with Crippen molar-refractivity contribution in [2.24, 2.45) is 0 Å². The molecule has 0 bridgehead atoms. The van der Waals surface area contributed by atoms with E-state index in [0.29, 0.717) is 12.8 Å². The van der Waals surface area contributed by atoms with E-state index >= 15 is 0 Å². The lowest BCUT2D eigenvalue weighted by Gasteiger charge is -2.35. The van der Waals surface area contributed by atoms with Gasteiger partial charge in [-0.3, -0.25) is 0 Å². The Morgan fingerprint density at radius 3 is 2.38 bits per heavy atom.